The summed E-state index contributed by atoms with van der Waals surface area (Å²) in [6.45, 7) is 8.61. The summed E-state index contributed by atoms with van der Waals surface area (Å²) in [5.74, 6) is 0. The lowest BCUT2D eigenvalue weighted by molar-refractivity contribution is 0.713. The van der Waals surface area contributed by atoms with E-state index in [0.29, 0.717) is 0 Å². The van der Waals surface area contributed by atoms with Crippen molar-refractivity contribution < 1.29 is 0 Å². The van der Waals surface area contributed by atoms with Gasteiger partial charge in [-0.2, -0.15) is 0 Å². The lowest BCUT2D eigenvalue weighted by Gasteiger charge is -1.96. The van der Waals surface area contributed by atoms with Crippen molar-refractivity contribution >= 4 is 0 Å². The van der Waals surface area contributed by atoms with E-state index in [2.05, 4.69) is 33.4 Å². The Kier molecular flexibility index (Phi) is 5.97. The van der Waals surface area contributed by atoms with Gasteiger partial charge in [0.1, 0.15) is 0 Å². The van der Waals surface area contributed by atoms with Gasteiger partial charge in [-0.3, -0.25) is 0 Å². The van der Waals surface area contributed by atoms with Crippen molar-refractivity contribution in [3.8, 4) is 0 Å². The summed E-state index contributed by atoms with van der Waals surface area (Å²) in [5.41, 5.74) is 6.03. The first-order valence-electron chi connectivity index (χ1n) is 4.56. The Labute approximate surface area is 71.0 Å². The minimum absolute atomic E-state index is 1.22. The minimum Gasteiger partial charge on any atom is -0.123 e. The zero-order valence-electron chi connectivity index (χ0n) is 8.33. The van der Waals surface area contributed by atoms with Gasteiger partial charge in [0.15, 0.2) is 0 Å². The SMILES string of the molecule is CCCCCC(C)=C=C(C)C. The number of unbranched alkanes of at least 4 members (excludes halogenated alkanes) is 2. The second-order valence-electron chi connectivity index (χ2n) is 3.36. The fourth-order valence-corrected chi connectivity index (χ4v) is 1.13. The topological polar surface area (TPSA) is 0 Å². The smallest absolute Gasteiger partial charge is 0.0247 e. The number of hydrogen-bond acceptors (Lipinski definition) is 0. The molecule has 11 heavy (non-hydrogen) atoms. The standard InChI is InChI=1S/C11H20/c1-5-6-7-8-11(4)9-10(2)3/h5-8H2,1-4H3. The Balaban J connectivity index is 3.69. The van der Waals surface area contributed by atoms with Gasteiger partial charge in [0.25, 0.3) is 0 Å². The summed E-state index contributed by atoms with van der Waals surface area (Å²) in [7, 11) is 0. The van der Waals surface area contributed by atoms with Crippen LogP contribution in [0.4, 0.5) is 0 Å². The van der Waals surface area contributed by atoms with Crippen LogP contribution in [0.3, 0.4) is 0 Å². The molecule has 0 radical (unpaired) electrons. The average molecular weight is 152 g/mol. The highest BCUT2D eigenvalue weighted by molar-refractivity contribution is 5.03. The van der Waals surface area contributed by atoms with Crippen LogP contribution in [0.1, 0.15) is 53.4 Å². The molecular weight excluding hydrogens is 132 g/mol. The van der Waals surface area contributed by atoms with Crippen molar-refractivity contribution in [2.75, 3.05) is 0 Å². The maximum atomic E-state index is 3.33. The third-order valence-corrected chi connectivity index (χ3v) is 1.62. The van der Waals surface area contributed by atoms with E-state index in [1.54, 1.807) is 0 Å². The minimum atomic E-state index is 1.22. The van der Waals surface area contributed by atoms with Crippen molar-refractivity contribution in [3.05, 3.63) is 16.9 Å². The Bertz CT molecular complexity index is 153. The Morgan fingerprint density at radius 2 is 1.73 bits per heavy atom. The zero-order chi connectivity index (χ0) is 8.69. The Hall–Kier alpha value is -0.480. The van der Waals surface area contributed by atoms with Crippen LogP contribution in [0.5, 0.6) is 0 Å². The molecular formula is C11H20. The number of rotatable bonds is 4. The molecule has 0 unspecified atom stereocenters. The third kappa shape index (κ3) is 7.42. The third-order valence-electron chi connectivity index (χ3n) is 1.62. The summed E-state index contributed by atoms with van der Waals surface area (Å²) in [5, 5.41) is 0. The van der Waals surface area contributed by atoms with Gasteiger partial charge in [0.05, 0.1) is 0 Å². The van der Waals surface area contributed by atoms with Crippen molar-refractivity contribution in [3.63, 3.8) is 0 Å². The molecule has 0 N–H and O–H groups in total. The van der Waals surface area contributed by atoms with E-state index < -0.39 is 0 Å². The summed E-state index contributed by atoms with van der Waals surface area (Å²) >= 11 is 0. The maximum Gasteiger partial charge on any atom is -0.0247 e. The van der Waals surface area contributed by atoms with Gasteiger partial charge < -0.3 is 0 Å². The second-order valence-corrected chi connectivity index (χ2v) is 3.36. The first kappa shape index (κ1) is 10.5. The molecule has 0 aliphatic carbocycles. The molecule has 0 fully saturated rings. The van der Waals surface area contributed by atoms with E-state index in [1.165, 1.54) is 36.8 Å². The van der Waals surface area contributed by atoms with Crippen molar-refractivity contribution in [1.82, 2.24) is 0 Å². The number of hydrogen-bond donors (Lipinski definition) is 0. The van der Waals surface area contributed by atoms with E-state index in [9.17, 15) is 0 Å². The van der Waals surface area contributed by atoms with Crippen molar-refractivity contribution in [1.29, 1.82) is 0 Å². The molecule has 0 saturated heterocycles. The predicted molar refractivity (Wildman–Crippen MR) is 51.7 cm³/mol. The molecule has 0 aromatic heterocycles. The van der Waals surface area contributed by atoms with Gasteiger partial charge in [-0.15, -0.1) is 5.73 Å². The van der Waals surface area contributed by atoms with Gasteiger partial charge in [0, 0.05) is 0 Å². The molecule has 0 aromatic carbocycles. The van der Waals surface area contributed by atoms with Gasteiger partial charge in [-0.25, -0.2) is 0 Å². The molecule has 64 valence electrons. The highest BCUT2D eigenvalue weighted by Gasteiger charge is 1.88. The first-order chi connectivity index (χ1) is 5.16. The molecule has 0 nitrogen and oxygen atoms in total. The molecule has 0 heteroatoms. The highest BCUT2D eigenvalue weighted by Crippen LogP contribution is 2.07. The van der Waals surface area contributed by atoms with Crippen molar-refractivity contribution in [2.24, 2.45) is 0 Å². The van der Waals surface area contributed by atoms with E-state index >= 15 is 0 Å². The summed E-state index contributed by atoms with van der Waals surface area (Å²) in [6.07, 6.45) is 5.20. The van der Waals surface area contributed by atoms with Crippen LogP contribution in [0.15, 0.2) is 16.9 Å². The fraction of sp³-hybridized carbons (Fsp3) is 0.727. The van der Waals surface area contributed by atoms with Gasteiger partial charge in [0.2, 0.25) is 0 Å². The van der Waals surface area contributed by atoms with Gasteiger partial charge in [-0.1, -0.05) is 19.8 Å². The van der Waals surface area contributed by atoms with Crippen LogP contribution in [0.2, 0.25) is 0 Å². The van der Waals surface area contributed by atoms with E-state index in [0.717, 1.165) is 0 Å². The molecule has 0 aliphatic heterocycles. The lowest BCUT2D eigenvalue weighted by atomic mass is 10.1. The molecule has 0 heterocycles. The van der Waals surface area contributed by atoms with Crippen LogP contribution >= 0.6 is 0 Å². The summed E-state index contributed by atoms with van der Waals surface area (Å²) in [6, 6.07) is 0. The quantitative estimate of drug-likeness (QED) is 0.420. The molecule has 0 aliphatic rings. The Morgan fingerprint density at radius 3 is 2.18 bits per heavy atom. The van der Waals surface area contributed by atoms with Crippen molar-refractivity contribution in [2.45, 2.75) is 53.4 Å². The maximum absolute atomic E-state index is 3.33. The zero-order valence-corrected chi connectivity index (χ0v) is 8.33. The predicted octanol–water partition coefficient (Wildman–Crippen LogP) is 4.08. The van der Waals surface area contributed by atoms with Crippen LogP contribution < -0.4 is 0 Å². The van der Waals surface area contributed by atoms with Crippen LogP contribution in [-0.2, 0) is 0 Å². The van der Waals surface area contributed by atoms with Crippen LogP contribution in [-0.4, -0.2) is 0 Å². The molecule has 0 amide bonds. The van der Waals surface area contributed by atoms with E-state index in [4.69, 9.17) is 0 Å². The number of allylic oxidation sites excluding steroid dienone is 1. The Morgan fingerprint density at radius 1 is 1.09 bits per heavy atom. The van der Waals surface area contributed by atoms with Crippen LogP contribution in [0.25, 0.3) is 0 Å². The molecule has 0 aromatic rings. The molecule has 0 spiro atoms. The van der Waals surface area contributed by atoms with E-state index in [-0.39, 0.29) is 0 Å². The first-order valence-corrected chi connectivity index (χ1v) is 4.56. The molecule has 0 atom stereocenters. The van der Waals surface area contributed by atoms with Crippen LogP contribution in [0, 0.1) is 0 Å². The average Bonchev–Trinajstić information content (AvgIpc) is 1.86. The normalized spacial score (nSPS) is 9.09. The van der Waals surface area contributed by atoms with E-state index in [1.807, 2.05) is 0 Å². The monoisotopic (exact) mass is 152 g/mol. The fourth-order valence-electron chi connectivity index (χ4n) is 1.13. The highest BCUT2D eigenvalue weighted by atomic mass is 13.9. The largest absolute Gasteiger partial charge is 0.123 e. The van der Waals surface area contributed by atoms with Gasteiger partial charge in [-0.05, 0) is 44.8 Å². The lowest BCUT2D eigenvalue weighted by Crippen LogP contribution is -1.76. The molecule has 0 rings (SSSR count). The molecule has 0 bridgehead atoms. The summed E-state index contributed by atoms with van der Waals surface area (Å²) in [4.78, 5) is 0. The summed E-state index contributed by atoms with van der Waals surface area (Å²) < 4.78 is 0. The van der Waals surface area contributed by atoms with Gasteiger partial charge >= 0.3 is 0 Å². The second kappa shape index (κ2) is 6.24. The molecule has 0 saturated carbocycles.